The van der Waals surface area contributed by atoms with Crippen molar-refractivity contribution in [3.63, 3.8) is 0 Å². The zero-order valence-electron chi connectivity index (χ0n) is 15.6. The van der Waals surface area contributed by atoms with Gasteiger partial charge in [-0.1, -0.05) is 53.5 Å². The zero-order valence-corrected chi connectivity index (χ0v) is 20.1. The van der Waals surface area contributed by atoms with Crippen LogP contribution in [0.15, 0.2) is 77.7 Å². The highest BCUT2D eigenvalue weighted by Crippen LogP contribution is 2.31. The first-order valence-corrected chi connectivity index (χ1v) is 11.7. The van der Waals surface area contributed by atoms with Crippen LogP contribution < -0.4 is 4.74 Å². The molecule has 0 spiro atoms. The lowest BCUT2D eigenvalue weighted by Crippen LogP contribution is -2.10. The van der Waals surface area contributed by atoms with E-state index in [4.69, 9.17) is 33.0 Å². The Morgan fingerprint density at radius 3 is 2.17 bits per heavy atom. The number of carboxylic acids is 1. The molecule has 0 unspecified atom stereocenters. The Balaban J connectivity index is 1.79. The number of benzene rings is 3. The van der Waals surface area contributed by atoms with Crippen LogP contribution in [0.4, 0.5) is 0 Å². The Labute approximate surface area is 203 Å². The number of hydrogen-bond donors (Lipinski definition) is 1. The Bertz CT molecular complexity index is 1040. The van der Waals surface area contributed by atoms with Gasteiger partial charge in [-0.05, 0) is 81.8 Å². The van der Waals surface area contributed by atoms with Crippen LogP contribution in [-0.4, -0.2) is 23.4 Å². The van der Waals surface area contributed by atoms with E-state index in [1.54, 1.807) is 17.8 Å². The first-order chi connectivity index (χ1) is 14.4. The summed E-state index contributed by atoms with van der Waals surface area (Å²) < 4.78 is 6.15. The van der Waals surface area contributed by atoms with Crippen molar-refractivity contribution in [3.8, 4) is 5.75 Å². The minimum Gasteiger partial charge on any atom is -0.481 e. The average Bonchev–Trinajstić information content (AvgIpc) is 2.70. The molecule has 0 aromatic heterocycles. The molecule has 0 fully saturated rings. The molecule has 1 N–H and O–H groups in total. The van der Waals surface area contributed by atoms with Gasteiger partial charge in [0.05, 0.1) is 3.57 Å². The summed E-state index contributed by atoms with van der Waals surface area (Å²) in [5.41, 5.74) is 3.11. The quantitative estimate of drug-likeness (QED) is 0.228. The van der Waals surface area contributed by atoms with Gasteiger partial charge < -0.3 is 9.84 Å². The van der Waals surface area contributed by atoms with Gasteiger partial charge in [-0.2, -0.15) is 0 Å². The third-order valence-electron chi connectivity index (χ3n) is 4.06. The van der Waals surface area contributed by atoms with Crippen molar-refractivity contribution in [1.29, 1.82) is 0 Å². The van der Waals surface area contributed by atoms with Crippen molar-refractivity contribution in [1.82, 2.24) is 0 Å². The fourth-order valence-electron chi connectivity index (χ4n) is 2.76. The highest BCUT2D eigenvalue weighted by Gasteiger charge is 2.08. The molecule has 3 aromatic rings. The maximum Gasteiger partial charge on any atom is 0.341 e. The summed E-state index contributed by atoms with van der Waals surface area (Å²) in [4.78, 5) is 11.7. The number of aliphatic carboxylic acids is 1. The molecule has 0 aliphatic heterocycles. The standard InChI is InChI=1S/C23H17Cl2IO3S/c24-17-5-1-3-15(11-17)20(16-4-2-6-18(25)12-16)9-10-30-19-7-8-22(21(26)13-19)29-14-23(27)28/h1-9,11-13H,10,14H2,(H,27,28). The van der Waals surface area contributed by atoms with Crippen LogP contribution in [0.2, 0.25) is 10.0 Å². The number of rotatable bonds is 8. The summed E-state index contributed by atoms with van der Waals surface area (Å²) in [6.45, 7) is -0.353. The molecule has 3 nitrogen and oxygen atoms in total. The molecule has 0 saturated heterocycles. The van der Waals surface area contributed by atoms with Gasteiger partial charge in [0.15, 0.2) is 6.61 Å². The third kappa shape index (κ3) is 6.67. The molecule has 30 heavy (non-hydrogen) atoms. The highest BCUT2D eigenvalue weighted by atomic mass is 127. The van der Waals surface area contributed by atoms with Gasteiger partial charge >= 0.3 is 5.97 Å². The SMILES string of the molecule is O=C(O)COc1ccc(SCC=C(c2cccc(Cl)c2)c2cccc(Cl)c2)cc1I. The molecule has 0 saturated carbocycles. The smallest absolute Gasteiger partial charge is 0.341 e. The minimum absolute atomic E-state index is 0.353. The van der Waals surface area contributed by atoms with E-state index in [1.807, 2.05) is 60.7 Å². The average molecular weight is 571 g/mol. The number of carbonyl (C=O) groups is 1. The van der Waals surface area contributed by atoms with E-state index >= 15 is 0 Å². The summed E-state index contributed by atoms with van der Waals surface area (Å²) in [7, 11) is 0. The molecule has 3 aromatic carbocycles. The zero-order chi connectivity index (χ0) is 21.5. The van der Waals surface area contributed by atoms with Gasteiger partial charge in [-0.25, -0.2) is 4.79 Å². The van der Waals surface area contributed by atoms with E-state index in [0.717, 1.165) is 30.9 Å². The molecule has 154 valence electrons. The summed E-state index contributed by atoms with van der Waals surface area (Å²) in [5.74, 6) is 0.306. The van der Waals surface area contributed by atoms with Crippen molar-refractivity contribution in [3.05, 3.63) is 97.5 Å². The number of carboxylic acid groups (broad SMARTS) is 1. The molecule has 0 heterocycles. The van der Waals surface area contributed by atoms with Crippen LogP contribution in [0.25, 0.3) is 5.57 Å². The van der Waals surface area contributed by atoms with E-state index in [0.29, 0.717) is 15.8 Å². The first-order valence-electron chi connectivity index (χ1n) is 8.91. The second kappa shape index (κ2) is 11.1. The summed E-state index contributed by atoms with van der Waals surface area (Å²) in [5, 5.41) is 10.1. The molecular formula is C23H17Cl2IO3S. The van der Waals surface area contributed by atoms with Crippen molar-refractivity contribution in [2.24, 2.45) is 0 Å². The molecule has 0 radical (unpaired) electrons. The van der Waals surface area contributed by atoms with Crippen molar-refractivity contribution < 1.29 is 14.6 Å². The lowest BCUT2D eigenvalue weighted by Gasteiger charge is -2.11. The molecule has 7 heteroatoms. The lowest BCUT2D eigenvalue weighted by atomic mass is 9.98. The van der Waals surface area contributed by atoms with E-state index in [9.17, 15) is 4.79 Å². The number of thioether (sulfide) groups is 1. The summed E-state index contributed by atoms with van der Waals surface area (Å²) in [6, 6.07) is 21.2. The van der Waals surface area contributed by atoms with E-state index in [1.165, 1.54) is 0 Å². The molecule has 0 bridgehead atoms. The Kier molecular flexibility index (Phi) is 8.50. The van der Waals surface area contributed by atoms with Gasteiger partial charge in [-0.3, -0.25) is 0 Å². The first kappa shape index (κ1) is 23.0. The molecule has 0 aliphatic rings. The van der Waals surface area contributed by atoms with E-state index < -0.39 is 5.97 Å². The van der Waals surface area contributed by atoms with Gasteiger partial charge in [-0.15, -0.1) is 11.8 Å². The summed E-state index contributed by atoms with van der Waals surface area (Å²) in [6.07, 6.45) is 2.16. The fourth-order valence-corrected chi connectivity index (χ4v) is 4.83. The van der Waals surface area contributed by atoms with Crippen LogP contribution in [0, 0.1) is 3.57 Å². The van der Waals surface area contributed by atoms with Gasteiger partial charge in [0.25, 0.3) is 0 Å². The third-order valence-corrected chi connectivity index (χ3v) is 6.30. The molecule has 3 rings (SSSR count). The largest absolute Gasteiger partial charge is 0.481 e. The van der Waals surface area contributed by atoms with E-state index in [-0.39, 0.29) is 6.61 Å². The molecular weight excluding hydrogens is 554 g/mol. The van der Waals surface area contributed by atoms with Crippen molar-refractivity contribution in [2.45, 2.75) is 4.90 Å². The van der Waals surface area contributed by atoms with Crippen LogP contribution in [0.5, 0.6) is 5.75 Å². The summed E-state index contributed by atoms with van der Waals surface area (Å²) >= 11 is 16.2. The molecule has 0 aliphatic carbocycles. The van der Waals surface area contributed by atoms with Crippen LogP contribution in [0.3, 0.4) is 0 Å². The topological polar surface area (TPSA) is 46.5 Å². The highest BCUT2D eigenvalue weighted by molar-refractivity contribution is 14.1. The normalized spacial score (nSPS) is 10.5. The minimum atomic E-state index is -0.996. The fraction of sp³-hybridized carbons (Fsp3) is 0.0870. The second-order valence-corrected chi connectivity index (χ2v) is 9.35. The Morgan fingerprint density at radius 1 is 1.00 bits per heavy atom. The monoisotopic (exact) mass is 570 g/mol. The lowest BCUT2D eigenvalue weighted by molar-refractivity contribution is -0.139. The Hall–Kier alpha value is -1.67. The number of hydrogen-bond acceptors (Lipinski definition) is 3. The second-order valence-electron chi connectivity index (χ2n) is 6.22. The Morgan fingerprint density at radius 2 is 1.63 bits per heavy atom. The van der Waals surface area contributed by atoms with Crippen LogP contribution >= 0.6 is 57.6 Å². The van der Waals surface area contributed by atoms with Crippen molar-refractivity contribution >= 4 is 69.1 Å². The predicted molar refractivity (Wildman–Crippen MR) is 133 cm³/mol. The van der Waals surface area contributed by atoms with Crippen LogP contribution in [-0.2, 0) is 4.79 Å². The van der Waals surface area contributed by atoms with Gasteiger partial charge in [0.1, 0.15) is 5.75 Å². The van der Waals surface area contributed by atoms with Crippen LogP contribution in [0.1, 0.15) is 11.1 Å². The predicted octanol–water partition coefficient (Wildman–Crippen LogP) is 7.29. The maximum absolute atomic E-state index is 10.7. The van der Waals surface area contributed by atoms with Gasteiger partial charge in [0, 0.05) is 20.7 Å². The molecule has 0 amide bonds. The molecule has 0 atom stereocenters. The van der Waals surface area contributed by atoms with Crippen molar-refractivity contribution in [2.75, 3.05) is 12.4 Å². The maximum atomic E-state index is 10.7. The number of halogens is 3. The van der Waals surface area contributed by atoms with E-state index in [2.05, 4.69) is 28.7 Å². The number of ether oxygens (including phenoxy) is 1. The van der Waals surface area contributed by atoms with Gasteiger partial charge in [0.2, 0.25) is 0 Å².